The molecule has 12 heteroatoms. The quantitative estimate of drug-likeness (QED) is 0.0820. The molecule has 5 rings (SSSR count). The number of nitrogens with zero attached hydrogens (tertiary/aromatic N) is 3. The van der Waals surface area contributed by atoms with Crippen LogP contribution in [0.5, 0.6) is 0 Å². The molecular formula is C40H49BrClN3O7. The van der Waals surface area contributed by atoms with Gasteiger partial charge in [0.1, 0.15) is 17.7 Å². The average Bonchev–Trinajstić information content (AvgIpc) is 3.74. The fourth-order valence-electron chi connectivity index (χ4n) is 8.04. The summed E-state index contributed by atoms with van der Waals surface area (Å²) in [6.07, 6.45) is 5.61. The molecule has 3 heterocycles. The summed E-state index contributed by atoms with van der Waals surface area (Å²) in [5, 5.41) is 9.67. The minimum atomic E-state index is -1.31. The predicted octanol–water partition coefficient (Wildman–Crippen LogP) is 6.26. The number of esters is 1. The molecular weight excluding hydrogens is 750 g/mol. The number of carbonyl (C=O) groups is 4. The van der Waals surface area contributed by atoms with Crippen molar-refractivity contribution in [1.29, 1.82) is 0 Å². The van der Waals surface area contributed by atoms with Gasteiger partial charge in [-0.25, -0.2) is 0 Å². The first-order valence-electron chi connectivity index (χ1n) is 18.0. The predicted molar refractivity (Wildman–Crippen MR) is 204 cm³/mol. The molecule has 1 unspecified atom stereocenters. The zero-order valence-corrected chi connectivity index (χ0v) is 32.2. The first kappa shape index (κ1) is 39.7. The van der Waals surface area contributed by atoms with E-state index in [1.165, 1.54) is 4.90 Å². The molecule has 2 bridgehead atoms. The number of amides is 3. The van der Waals surface area contributed by atoms with Crippen LogP contribution in [0, 0.1) is 11.8 Å². The van der Waals surface area contributed by atoms with E-state index in [1.807, 2.05) is 37.3 Å². The van der Waals surface area contributed by atoms with Crippen molar-refractivity contribution in [1.82, 2.24) is 9.80 Å². The van der Waals surface area contributed by atoms with Gasteiger partial charge >= 0.3 is 5.97 Å². The number of hydrogen-bond donors (Lipinski definition) is 1. The van der Waals surface area contributed by atoms with Gasteiger partial charge in [0.15, 0.2) is 0 Å². The van der Waals surface area contributed by atoms with Crippen LogP contribution in [0.2, 0.25) is 5.02 Å². The van der Waals surface area contributed by atoms with Gasteiger partial charge in [-0.15, -0.1) is 13.2 Å². The molecule has 0 aromatic heterocycles. The van der Waals surface area contributed by atoms with Crippen LogP contribution in [-0.2, 0) is 28.7 Å². The topological polar surface area (TPSA) is 117 Å². The van der Waals surface area contributed by atoms with Crippen molar-refractivity contribution in [3.63, 3.8) is 0 Å². The van der Waals surface area contributed by atoms with Crippen molar-refractivity contribution in [2.75, 3.05) is 31.6 Å². The third-order valence-corrected chi connectivity index (χ3v) is 11.9. The highest BCUT2D eigenvalue weighted by Gasteiger charge is 2.77. The van der Waals surface area contributed by atoms with Gasteiger partial charge in [-0.3, -0.25) is 19.2 Å². The molecule has 3 fully saturated rings. The Labute approximate surface area is 319 Å². The second-order valence-electron chi connectivity index (χ2n) is 13.9. The number of benzene rings is 2. The minimum Gasteiger partial charge on any atom is -0.455 e. The fourth-order valence-corrected chi connectivity index (χ4v) is 9.22. The smallest absolute Gasteiger partial charge is 0.313 e. The second kappa shape index (κ2) is 17.5. The molecule has 0 aliphatic carbocycles. The van der Waals surface area contributed by atoms with Gasteiger partial charge in [-0.1, -0.05) is 95.0 Å². The summed E-state index contributed by atoms with van der Waals surface area (Å²) in [6, 6.07) is 14.7. The summed E-state index contributed by atoms with van der Waals surface area (Å²) in [7, 11) is 1.69. The maximum absolute atomic E-state index is 14.9. The Morgan fingerprint density at radius 3 is 2.46 bits per heavy atom. The molecule has 280 valence electrons. The largest absolute Gasteiger partial charge is 0.455 e. The van der Waals surface area contributed by atoms with Crippen LogP contribution in [0.15, 0.2) is 79.9 Å². The van der Waals surface area contributed by atoms with Gasteiger partial charge in [-0.2, -0.15) is 0 Å². The highest BCUT2D eigenvalue weighted by molar-refractivity contribution is 9.09. The van der Waals surface area contributed by atoms with E-state index in [0.717, 1.165) is 12.8 Å². The highest BCUT2D eigenvalue weighted by atomic mass is 79.9. The van der Waals surface area contributed by atoms with E-state index in [4.69, 9.17) is 21.1 Å². The van der Waals surface area contributed by atoms with E-state index in [9.17, 15) is 24.3 Å². The lowest BCUT2D eigenvalue weighted by atomic mass is 9.70. The molecule has 0 radical (unpaired) electrons. The van der Waals surface area contributed by atoms with E-state index in [2.05, 4.69) is 29.1 Å². The molecule has 1 spiro atoms. The van der Waals surface area contributed by atoms with Crippen molar-refractivity contribution >= 4 is 56.9 Å². The molecule has 8 atom stereocenters. The van der Waals surface area contributed by atoms with Gasteiger partial charge in [-0.05, 0) is 50.3 Å². The van der Waals surface area contributed by atoms with Gasteiger partial charge < -0.3 is 29.3 Å². The Balaban J connectivity index is 1.51. The Morgan fingerprint density at radius 1 is 1.10 bits per heavy atom. The molecule has 3 aliphatic rings. The van der Waals surface area contributed by atoms with Crippen LogP contribution in [0.3, 0.4) is 0 Å². The van der Waals surface area contributed by atoms with Crippen LogP contribution in [0.25, 0.3) is 0 Å². The number of aliphatic hydroxyl groups is 1. The zero-order chi connectivity index (χ0) is 37.6. The molecule has 10 nitrogen and oxygen atoms in total. The highest BCUT2D eigenvalue weighted by Crippen LogP contribution is 2.60. The van der Waals surface area contributed by atoms with Crippen LogP contribution < -0.4 is 4.90 Å². The van der Waals surface area contributed by atoms with Crippen LogP contribution in [0.4, 0.5) is 5.69 Å². The lowest BCUT2D eigenvalue weighted by molar-refractivity contribution is -0.164. The van der Waals surface area contributed by atoms with Crippen molar-refractivity contribution in [3.05, 3.63) is 90.5 Å². The zero-order valence-electron chi connectivity index (χ0n) is 29.9. The van der Waals surface area contributed by atoms with Crippen LogP contribution >= 0.6 is 27.5 Å². The summed E-state index contributed by atoms with van der Waals surface area (Å²) in [5.41, 5.74) is -0.126. The lowest BCUT2D eigenvalue weighted by Gasteiger charge is -2.37. The number of anilines is 1. The van der Waals surface area contributed by atoms with Crippen LogP contribution in [-0.4, -0.2) is 94.0 Å². The number of likely N-dealkylation sites (tertiary alicyclic amines) is 1. The van der Waals surface area contributed by atoms with Gasteiger partial charge in [0.05, 0.1) is 34.7 Å². The maximum atomic E-state index is 14.9. The third kappa shape index (κ3) is 7.74. The Bertz CT molecular complexity index is 1630. The number of halogens is 2. The molecule has 3 aliphatic heterocycles. The number of para-hydroxylation sites is 1. The normalized spacial score (nSPS) is 25.7. The summed E-state index contributed by atoms with van der Waals surface area (Å²) in [6.45, 7) is 9.91. The summed E-state index contributed by atoms with van der Waals surface area (Å²) in [5.74, 6) is -3.41. The van der Waals surface area contributed by atoms with Crippen molar-refractivity contribution < 1.29 is 33.8 Å². The van der Waals surface area contributed by atoms with E-state index in [1.54, 1.807) is 53.3 Å². The van der Waals surface area contributed by atoms with Crippen LogP contribution in [0.1, 0.15) is 63.5 Å². The minimum absolute atomic E-state index is 0.0797. The maximum Gasteiger partial charge on any atom is 0.313 e. The standard InChI is InChI=1S/C40H49BrClN3O7/c1-5-7-21-31(47)43(4)26(3)34(27-17-11-10-12-18-27)51-39(50)32-33-37(48)45(23-15-8-9-16-24-46)36(40(33)25-28(41)35(32)52-40)38(49)44(22-6-2)30-20-14-13-19-29(30)42/h5-6,10-14,17-20,26,28,32-36,46H,1-2,7-9,15-16,21-25H2,3-4H3/t26-,28?,32+,33-,34+,35+,36+,40-/m0/s1. The number of hydrogen-bond acceptors (Lipinski definition) is 7. The van der Waals surface area contributed by atoms with Crippen molar-refractivity contribution in [2.24, 2.45) is 11.8 Å². The number of aliphatic hydroxyl groups excluding tert-OH is 1. The Kier molecular flexibility index (Phi) is 13.4. The molecule has 2 aromatic carbocycles. The molecule has 52 heavy (non-hydrogen) atoms. The Hall–Kier alpha value is -3.51. The van der Waals surface area contributed by atoms with Gasteiger partial charge in [0.25, 0.3) is 5.91 Å². The lowest BCUT2D eigenvalue weighted by Crippen LogP contribution is -2.57. The van der Waals surface area contributed by atoms with Gasteiger partial charge in [0, 0.05) is 38.0 Å². The monoisotopic (exact) mass is 797 g/mol. The van der Waals surface area contributed by atoms with Crippen molar-refractivity contribution in [3.8, 4) is 0 Å². The SMILES string of the molecule is C=CCCC(=O)N(C)[C@@H](C)[C@@H](OC(=O)[C@H]1[C@@H]2O[C@@]3(CC2Br)[C@@H]1C(=O)N(CCCCCCO)[C@@H]3C(=O)N(CC=C)c1ccccc1Cl)c1ccccc1. The third-order valence-electron chi connectivity index (χ3n) is 10.7. The average molecular weight is 799 g/mol. The molecule has 0 saturated carbocycles. The second-order valence-corrected chi connectivity index (χ2v) is 15.4. The number of rotatable bonds is 18. The first-order valence-corrected chi connectivity index (χ1v) is 19.3. The number of fused-ring (bicyclic) bond motifs is 1. The first-order chi connectivity index (χ1) is 25.0. The molecule has 3 amide bonds. The number of allylic oxidation sites excluding steroid dienone is 1. The summed E-state index contributed by atoms with van der Waals surface area (Å²) < 4.78 is 13.1. The van der Waals surface area contributed by atoms with E-state index >= 15 is 0 Å². The molecule has 1 N–H and O–H groups in total. The van der Waals surface area contributed by atoms with Gasteiger partial charge in [0.2, 0.25) is 11.8 Å². The Morgan fingerprint density at radius 2 is 1.79 bits per heavy atom. The number of unbranched alkanes of at least 4 members (excludes halogenated alkanes) is 3. The van der Waals surface area contributed by atoms with E-state index in [0.29, 0.717) is 42.0 Å². The molecule has 2 aromatic rings. The summed E-state index contributed by atoms with van der Waals surface area (Å²) >= 11 is 10.4. The van der Waals surface area contributed by atoms with Crippen molar-refractivity contribution in [2.45, 2.75) is 86.6 Å². The number of ether oxygens (including phenoxy) is 2. The number of alkyl halides is 1. The summed E-state index contributed by atoms with van der Waals surface area (Å²) in [4.78, 5) is 61.6. The number of likely N-dealkylation sites (N-methyl/N-ethyl adjacent to an activating group) is 1. The fraction of sp³-hybridized carbons (Fsp3) is 0.500. The number of carbonyl (C=O) groups excluding carboxylic acids is 4. The van der Waals surface area contributed by atoms with E-state index < -0.39 is 47.7 Å². The van der Waals surface area contributed by atoms with E-state index in [-0.39, 0.29) is 48.7 Å². The molecule has 3 saturated heterocycles.